The molecule has 0 unspecified atom stereocenters. The molecule has 0 fully saturated rings. The molecule has 162 valence electrons. The molecule has 6 nitrogen and oxygen atoms in total. The van der Waals surface area contributed by atoms with Crippen LogP contribution in [-0.2, 0) is 11.0 Å². The number of carbonyl (C=O) groups excluding carboxylic acids is 1. The normalized spacial score (nSPS) is 11.5. The van der Waals surface area contributed by atoms with Gasteiger partial charge in [0.2, 0.25) is 0 Å². The summed E-state index contributed by atoms with van der Waals surface area (Å²) in [4.78, 5) is 22.7. The first kappa shape index (κ1) is 23.6. The van der Waals surface area contributed by atoms with E-state index in [2.05, 4.69) is 0 Å². The minimum atomic E-state index is -5.06. The van der Waals surface area contributed by atoms with Crippen LogP contribution in [0.3, 0.4) is 0 Å². The second-order valence-electron chi connectivity index (χ2n) is 6.48. The Morgan fingerprint density at radius 3 is 2.37 bits per heavy atom. The molecule has 0 saturated heterocycles. The number of carbonyl (C=O) groups is 2. The van der Waals surface area contributed by atoms with Crippen molar-refractivity contribution in [1.29, 1.82) is 0 Å². The molecular formula is C19H16Cl2F3NO5. The van der Waals surface area contributed by atoms with E-state index in [0.717, 1.165) is 0 Å². The number of amides is 1. The summed E-state index contributed by atoms with van der Waals surface area (Å²) in [5.41, 5.74) is -1.98. The van der Waals surface area contributed by atoms with Gasteiger partial charge in [-0.1, -0.05) is 37.0 Å². The Morgan fingerprint density at radius 2 is 1.83 bits per heavy atom. The van der Waals surface area contributed by atoms with E-state index in [1.807, 2.05) is 5.32 Å². The van der Waals surface area contributed by atoms with Gasteiger partial charge in [-0.3, -0.25) is 9.59 Å². The van der Waals surface area contributed by atoms with Crippen LogP contribution in [0.5, 0.6) is 17.2 Å². The predicted octanol–water partition coefficient (Wildman–Crippen LogP) is 5.45. The summed E-state index contributed by atoms with van der Waals surface area (Å²) in [6.45, 7) is 2.70. The summed E-state index contributed by atoms with van der Waals surface area (Å²) < 4.78 is 46.3. The van der Waals surface area contributed by atoms with E-state index in [9.17, 15) is 27.9 Å². The van der Waals surface area contributed by atoms with Crippen LogP contribution in [0.2, 0.25) is 10.0 Å². The monoisotopic (exact) mass is 465 g/mol. The van der Waals surface area contributed by atoms with Crippen molar-refractivity contribution in [1.82, 2.24) is 5.32 Å². The molecule has 0 heterocycles. The van der Waals surface area contributed by atoms with Gasteiger partial charge in [0, 0.05) is 5.56 Å². The zero-order valence-electron chi connectivity index (χ0n) is 15.6. The standard InChI is InChI=1S/C19H16Cl2F3NO5/c1-8(2)10-5-9(3-4-13(10)26)30-17-12(20)6-11(18(29)25-7-14(27)28)15(16(17)21)19(22,23)24/h3-6,8,26H,7H2,1-2H3,(H,25,29)(H,27,28). The summed E-state index contributed by atoms with van der Waals surface area (Å²) in [5, 5.41) is 19.0. The van der Waals surface area contributed by atoms with Gasteiger partial charge < -0.3 is 20.3 Å². The van der Waals surface area contributed by atoms with E-state index in [0.29, 0.717) is 11.6 Å². The third kappa shape index (κ3) is 5.28. The van der Waals surface area contributed by atoms with Crippen LogP contribution < -0.4 is 10.1 Å². The molecule has 0 aliphatic carbocycles. The molecule has 0 aliphatic rings. The second-order valence-corrected chi connectivity index (χ2v) is 7.26. The quantitative estimate of drug-likeness (QED) is 0.527. The number of hydrogen-bond donors (Lipinski definition) is 3. The van der Waals surface area contributed by atoms with E-state index in [4.69, 9.17) is 33.0 Å². The number of halogens is 5. The number of nitrogens with one attached hydrogen (secondary N) is 1. The van der Waals surface area contributed by atoms with Gasteiger partial charge in [-0.2, -0.15) is 13.2 Å². The molecule has 1 amide bonds. The number of benzene rings is 2. The first-order valence-corrected chi connectivity index (χ1v) is 9.18. The summed E-state index contributed by atoms with van der Waals surface area (Å²) >= 11 is 11.9. The van der Waals surface area contributed by atoms with Gasteiger partial charge in [-0.25, -0.2) is 0 Å². The first-order valence-electron chi connectivity index (χ1n) is 8.42. The maximum Gasteiger partial charge on any atom is 0.418 e. The van der Waals surface area contributed by atoms with Crippen LogP contribution in [0, 0.1) is 0 Å². The SMILES string of the molecule is CC(C)c1cc(Oc2c(Cl)cc(C(=O)NCC(=O)O)c(C(F)(F)F)c2Cl)ccc1O. The number of alkyl halides is 3. The third-order valence-corrected chi connectivity index (χ3v) is 4.59. The van der Waals surface area contributed by atoms with Crippen LogP contribution in [0.4, 0.5) is 13.2 Å². The lowest BCUT2D eigenvalue weighted by Gasteiger charge is -2.19. The number of carboxylic acids is 1. The number of phenolic OH excluding ortho intramolecular Hbond substituents is 1. The molecule has 0 saturated carbocycles. The molecular weight excluding hydrogens is 450 g/mol. The van der Waals surface area contributed by atoms with Gasteiger partial charge in [0.05, 0.1) is 21.2 Å². The lowest BCUT2D eigenvalue weighted by molar-refractivity contribution is -0.138. The van der Waals surface area contributed by atoms with E-state index in [-0.39, 0.29) is 17.4 Å². The molecule has 2 aromatic carbocycles. The van der Waals surface area contributed by atoms with Gasteiger partial charge in [-0.05, 0) is 30.2 Å². The highest BCUT2D eigenvalue weighted by Gasteiger charge is 2.40. The van der Waals surface area contributed by atoms with E-state index in [1.54, 1.807) is 13.8 Å². The summed E-state index contributed by atoms with van der Waals surface area (Å²) in [7, 11) is 0. The predicted molar refractivity (Wildman–Crippen MR) is 104 cm³/mol. The molecule has 0 radical (unpaired) electrons. The number of carboxylic acid groups (broad SMARTS) is 1. The van der Waals surface area contributed by atoms with Crippen molar-refractivity contribution in [2.24, 2.45) is 0 Å². The van der Waals surface area contributed by atoms with Crippen molar-refractivity contribution in [2.75, 3.05) is 6.54 Å². The van der Waals surface area contributed by atoms with Crippen LogP contribution in [0.25, 0.3) is 0 Å². The summed E-state index contributed by atoms with van der Waals surface area (Å²) in [5.74, 6) is -3.35. The molecule has 0 bridgehead atoms. The molecule has 11 heteroatoms. The highest BCUT2D eigenvalue weighted by Crippen LogP contribution is 2.47. The third-order valence-electron chi connectivity index (χ3n) is 3.95. The number of aromatic hydroxyl groups is 1. The van der Waals surface area contributed by atoms with Crippen molar-refractivity contribution in [3.8, 4) is 17.2 Å². The van der Waals surface area contributed by atoms with Gasteiger partial charge in [0.15, 0.2) is 5.75 Å². The molecule has 0 atom stereocenters. The Kier molecular flexibility index (Phi) is 7.10. The second kappa shape index (κ2) is 9.01. The first-order chi connectivity index (χ1) is 13.8. The molecule has 2 rings (SSSR count). The zero-order chi connectivity index (χ0) is 22.8. The van der Waals surface area contributed by atoms with Gasteiger partial charge in [0.1, 0.15) is 18.0 Å². The summed E-state index contributed by atoms with van der Waals surface area (Å²) in [6.07, 6.45) is -5.06. The summed E-state index contributed by atoms with van der Waals surface area (Å²) in [6, 6.07) is 4.75. The van der Waals surface area contributed by atoms with Crippen LogP contribution in [-0.4, -0.2) is 28.6 Å². The topological polar surface area (TPSA) is 95.9 Å². The maximum atomic E-state index is 13.6. The van der Waals surface area contributed by atoms with Gasteiger partial charge >= 0.3 is 12.1 Å². The number of aliphatic carboxylic acids is 1. The Balaban J connectivity index is 2.56. The lowest BCUT2D eigenvalue weighted by Crippen LogP contribution is -2.31. The van der Waals surface area contributed by atoms with E-state index < -0.39 is 51.5 Å². The van der Waals surface area contributed by atoms with Crippen molar-refractivity contribution in [3.05, 3.63) is 51.0 Å². The maximum absolute atomic E-state index is 13.6. The van der Waals surface area contributed by atoms with Crippen LogP contribution >= 0.6 is 23.2 Å². The molecule has 30 heavy (non-hydrogen) atoms. The Labute approximate surface area is 179 Å². The number of ether oxygens (including phenoxy) is 1. The molecule has 0 aromatic heterocycles. The highest BCUT2D eigenvalue weighted by molar-refractivity contribution is 6.38. The highest BCUT2D eigenvalue weighted by atomic mass is 35.5. The fourth-order valence-electron chi connectivity index (χ4n) is 2.58. The zero-order valence-corrected chi connectivity index (χ0v) is 17.1. The largest absolute Gasteiger partial charge is 0.508 e. The van der Waals surface area contributed by atoms with Crippen LogP contribution in [0.1, 0.15) is 41.3 Å². The van der Waals surface area contributed by atoms with Crippen molar-refractivity contribution in [3.63, 3.8) is 0 Å². The number of rotatable bonds is 6. The van der Waals surface area contributed by atoms with Crippen molar-refractivity contribution in [2.45, 2.75) is 25.9 Å². The van der Waals surface area contributed by atoms with Crippen molar-refractivity contribution >= 4 is 35.1 Å². The Hall–Kier alpha value is -2.65. The average molecular weight is 466 g/mol. The molecule has 3 N–H and O–H groups in total. The molecule has 0 spiro atoms. The average Bonchev–Trinajstić information content (AvgIpc) is 2.62. The smallest absolute Gasteiger partial charge is 0.418 e. The minimum absolute atomic E-state index is 0.0176. The van der Waals surface area contributed by atoms with Gasteiger partial charge in [-0.15, -0.1) is 0 Å². The number of phenols is 1. The fourth-order valence-corrected chi connectivity index (χ4v) is 3.22. The van der Waals surface area contributed by atoms with Crippen molar-refractivity contribution < 1.29 is 37.7 Å². The van der Waals surface area contributed by atoms with E-state index in [1.165, 1.54) is 18.2 Å². The van der Waals surface area contributed by atoms with E-state index >= 15 is 0 Å². The van der Waals surface area contributed by atoms with Crippen LogP contribution in [0.15, 0.2) is 24.3 Å². The number of hydrogen-bond acceptors (Lipinski definition) is 4. The lowest BCUT2D eigenvalue weighted by atomic mass is 10.0. The molecule has 2 aromatic rings. The Morgan fingerprint density at radius 1 is 1.20 bits per heavy atom. The fraction of sp³-hybridized carbons (Fsp3) is 0.263. The van der Waals surface area contributed by atoms with Gasteiger partial charge in [0.25, 0.3) is 5.91 Å². The Bertz CT molecular complexity index is 993. The minimum Gasteiger partial charge on any atom is -0.508 e. The molecule has 0 aliphatic heterocycles.